The molecule has 0 radical (unpaired) electrons. The molecular weight excluding hydrogens is 392 g/mol. The van der Waals surface area contributed by atoms with Crippen LogP contribution in [0, 0.1) is 20.8 Å². The van der Waals surface area contributed by atoms with Crippen molar-refractivity contribution in [3.05, 3.63) is 70.8 Å². The quantitative estimate of drug-likeness (QED) is 0.452. The van der Waals surface area contributed by atoms with Gasteiger partial charge in [0.25, 0.3) is 5.91 Å². The molecule has 0 aliphatic heterocycles. The first kappa shape index (κ1) is 20.5. The van der Waals surface area contributed by atoms with Crippen molar-refractivity contribution in [2.24, 2.45) is 0 Å². The van der Waals surface area contributed by atoms with E-state index >= 15 is 0 Å². The summed E-state index contributed by atoms with van der Waals surface area (Å²) >= 11 is 0. The fraction of sp³-hybridized carbons (Fsp3) is 0.200. The number of ether oxygens (including phenoxy) is 2. The molecule has 0 atom stereocenters. The standard InChI is InChI=1S/C25H24N2O4/c1-14-6-7-17(25-27-22-8-15(2)16(3)9-23(22)31-25)12-21(14)26-24(28)18-10-19(29-4)13-20(11-18)30-5/h6-13H,1-5H3,(H,26,28). The van der Waals surface area contributed by atoms with E-state index in [-0.39, 0.29) is 5.91 Å². The van der Waals surface area contributed by atoms with Gasteiger partial charge in [0.15, 0.2) is 5.58 Å². The number of hydrogen-bond donors (Lipinski definition) is 1. The second-order valence-electron chi connectivity index (χ2n) is 7.51. The van der Waals surface area contributed by atoms with E-state index in [4.69, 9.17) is 13.9 Å². The van der Waals surface area contributed by atoms with Gasteiger partial charge < -0.3 is 19.2 Å². The number of aromatic nitrogens is 1. The summed E-state index contributed by atoms with van der Waals surface area (Å²) in [5.74, 6) is 1.35. The van der Waals surface area contributed by atoms with E-state index in [1.54, 1.807) is 32.4 Å². The molecule has 6 nitrogen and oxygen atoms in total. The van der Waals surface area contributed by atoms with Crippen LogP contribution in [0.5, 0.6) is 11.5 Å². The van der Waals surface area contributed by atoms with E-state index in [1.165, 1.54) is 0 Å². The zero-order valence-corrected chi connectivity index (χ0v) is 18.2. The second kappa shape index (κ2) is 8.14. The maximum Gasteiger partial charge on any atom is 0.255 e. The van der Waals surface area contributed by atoms with Crippen LogP contribution < -0.4 is 14.8 Å². The summed E-state index contributed by atoms with van der Waals surface area (Å²) < 4.78 is 16.5. The highest BCUT2D eigenvalue weighted by atomic mass is 16.5. The van der Waals surface area contributed by atoms with Crippen molar-refractivity contribution in [1.82, 2.24) is 4.98 Å². The van der Waals surface area contributed by atoms with E-state index in [2.05, 4.69) is 17.2 Å². The maximum absolute atomic E-state index is 12.9. The van der Waals surface area contributed by atoms with Crippen molar-refractivity contribution in [2.75, 3.05) is 19.5 Å². The largest absolute Gasteiger partial charge is 0.497 e. The number of fused-ring (bicyclic) bond motifs is 1. The Morgan fingerprint density at radius 3 is 2.23 bits per heavy atom. The van der Waals surface area contributed by atoms with Gasteiger partial charge in [0, 0.05) is 22.9 Å². The number of oxazole rings is 1. The number of aryl methyl sites for hydroxylation is 3. The van der Waals surface area contributed by atoms with E-state index in [0.717, 1.165) is 33.4 Å². The van der Waals surface area contributed by atoms with Crippen LogP contribution in [0.1, 0.15) is 27.0 Å². The molecule has 0 aliphatic carbocycles. The van der Waals surface area contributed by atoms with Crippen LogP contribution in [0.15, 0.2) is 52.9 Å². The summed E-state index contributed by atoms with van der Waals surface area (Å²) in [6.07, 6.45) is 0. The first-order valence-corrected chi connectivity index (χ1v) is 9.91. The predicted octanol–water partition coefficient (Wildman–Crippen LogP) is 5.69. The average molecular weight is 416 g/mol. The number of amides is 1. The van der Waals surface area contributed by atoms with Crippen molar-refractivity contribution in [1.29, 1.82) is 0 Å². The van der Waals surface area contributed by atoms with Gasteiger partial charge in [0.1, 0.15) is 17.0 Å². The van der Waals surface area contributed by atoms with Crippen LogP contribution in [0.25, 0.3) is 22.6 Å². The van der Waals surface area contributed by atoms with Crippen molar-refractivity contribution < 1.29 is 18.7 Å². The molecule has 158 valence electrons. The molecular formula is C25H24N2O4. The first-order chi connectivity index (χ1) is 14.9. The molecule has 31 heavy (non-hydrogen) atoms. The molecule has 6 heteroatoms. The maximum atomic E-state index is 12.9. The molecule has 4 aromatic rings. The second-order valence-corrected chi connectivity index (χ2v) is 7.51. The highest BCUT2D eigenvalue weighted by Gasteiger charge is 2.14. The lowest BCUT2D eigenvalue weighted by Gasteiger charge is -2.11. The van der Waals surface area contributed by atoms with Crippen molar-refractivity contribution in [3.63, 3.8) is 0 Å². The minimum Gasteiger partial charge on any atom is -0.497 e. The van der Waals surface area contributed by atoms with Gasteiger partial charge in [-0.15, -0.1) is 0 Å². The molecule has 0 fully saturated rings. The molecule has 1 amide bonds. The number of nitrogens with zero attached hydrogens (tertiary/aromatic N) is 1. The van der Waals surface area contributed by atoms with Crippen LogP contribution in [0.3, 0.4) is 0 Å². The van der Waals surface area contributed by atoms with Crippen molar-refractivity contribution in [3.8, 4) is 23.0 Å². The van der Waals surface area contributed by atoms with Gasteiger partial charge in [-0.1, -0.05) is 6.07 Å². The minimum atomic E-state index is -0.263. The molecule has 0 aliphatic rings. The molecule has 4 rings (SSSR count). The Balaban J connectivity index is 1.66. The summed E-state index contributed by atoms with van der Waals surface area (Å²) in [7, 11) is 3.10. The van der Waals surface area contributed by atoms with E-state index in [0.29, 0.717) is 28.6 Å². The van der Waals surface area contributed by atoms with Gasteiger partial charge in [-0.2, -0.15) is 0 Å². The number of methoxy groups -OCH3 is 2. The smallest absolute Gasteiger partial charge is 0.255 e. The number of carbonyl (C=O) groups is 1. The molecule has 3 aromatic carbocycles. The Labute approximate surface area is 180 Å². The molecule has 1 N–H and O–H groups in total. The average Bonchev–Trinajstić information content (AvgIpc) is 3.17. The Kier molecular flexibility index (Phi) is 5.38. The number of nitrogens with one attached hydrogen (secondary N) is 1. The minimum absolute atomic E-state index is 0.263. The van der Waals surface area contributed by atoms with Gasteiger partial charge in [0.2, 0.25) is 5.89 Å². The van der Waals surface area contributed by atoms with Crippen LogP contribution in [-0.4, -0.2) is 25.1 Å². The first-order valence-electron chi connectivity index (χ1n) is 9.91. The number of benzene rings is 3. The third-order valence-corrected chi connectivity index (χ3v) is 5.35. The Hall–Kier alpha value is -3.80. The fourth-order valence-electron chi connectivity index (χ4n) is 3.33. The summed E-state index contributed by atoms with van der Waals surface area (Å²) in [6.45, 7) is 6.03. The Morgan fingerprint density at radius 2 is 1.55 bits per heavy atom. The monoisotopic (exact) mass is 416 g/mol. The molecule has 1 aromatic heterocycles. The Morgan fingerprint density at radius 1 is 0.871 bits per heavy atom. The number of rotatable bonds is 5. The van der Waals surface area contributed by atoms with Crippen molar-refractivity contribution in [2.45, 2.75) is 20.8 Å². The predicted molar refractivity (Wildman–Crippen MR) is 121 cm³/mol. The summed E-state index contributed by atoms with van der Waals surface area (Å²) in [5.41, 5.74) is 6.71. The molecule has 1 heterocycles. The van der Waals surface area contributed by atoms with Gasteiger partial charge in [0.05, 0.1) is 14.2 Å². The van der Waals surface area contributed by atoms with Crippen LogP contribution >= 0.6 is 0 Å². The lowest BCUT2D eigenvalue weighted by molar-refractivity contribution is 0.102. The molecule has 0 saturated carbocycles. The van der Waals surface area contributed by atoms with Crippen LogP contribution in [0.4, 0.5) is 5.69 Å². The fourth-order valence-corrected chi connectivity index (χ4v) is 3.33. The highest BCUT2D eigenvalue weighted by Crippen LogP contribution is 2.30. The SMILES string of the molecule is COc1cc(OC)cc(C(=O)Nc2cc(-c3nc4cc(C)c(C)cc4o3)ccc2C)c1. The molecule has 0 bridgehead atoms. The lowest BCUT2D eigenvalue weighted by atomic mass is 10.1. The number of hydrogen-bond acceptors (Lipinski definition) is 5. The Bertz CT molecular complexity index is 1230. The van der Waals surface area contributed by atoms with Crippen LogP contribution in [-0.2, 0) is 0 Å². The zero-order chi connectivity index (χ0) is 22.1. The molecule has 0 unspecified atom stereocenters. The lowest BCUT2D eigenvalue weighted by Crippen LogP contribution is -2.13. The normalized spacial score (nSPS) is 10.9. The van der Waals surface area contributed by atoms with Gasteiger partial charge in [-0.3, -0.25) is 4.79 Å². The molecule has 0 saturated heterocycles. The number of carbonyl (C=O) groups excluding carboxylic acids is 1. The zero-order valence-electron chi connectivity index (χ0n) is 18.2. The summed E-state index contributed by atoms with van der Waals surface area (Å²) in [6, 6.07) is 14.8. The van der Waals surface area contributed by atoms with Crippen molar-refractivity contribution >= 4 is 22.7 Å². The van der Waals surface area contributed by atoms with E-state index in [1.807, 2.05) is 44.2 Å². The third kappa shape index (κ3) is 4.10. The summed E-state index contributed by atoms with van der Waals surface area (Å²) in [4.78, 5) is 17.5. The third-order valence-electron chi connectivity index (χ3n) is 5.35. The van der Waals surface area contributed by atoms with E-state index < -0.39 is 0 Å². The molecule has 0 spiro atoms. The summed E-state index contributed by atoms with van der Waals surface area (Å²) in [5, 5.41) is 2.97. The van der Waals surface area contributed by atoms with Gasteiger partial charge in [-0.05, 0) is 73.9 Å². The topological polar surface area (TPSA) is 73.6 Å². The van der Waals surface area contributed by atoms with Gasteiger partial charge in [-0.25, -0.2) is 4.98 Å². The number of anilines is 1. The van der Waals surface area contributed by atoms with Gasteiger partial charge >= 0.3 is 0 Å². The van der Waals surface area contributed by atoms with Crippen LogP contribution in [0.2, 0.25) is 0 Å². The highest BCUT2D eigenvalue weighted by molar-refractivity contribution is 6.05. The van der Waals surface area contributed by atoms with E-state index in [9.17, 15) is 4.79 Å².